The summed E-state index contributed by atoms with van der Waals surface area (Å²) < 4.78 is 0. The van der Waals surface area contributed by atoms with Crippen molar-refractivity contribution in [2.45, 2.75) is 79.6 Å². The fraction of sp³-hybridized carbons (Fsp3) is 0.480. The van der Waals surface area contributed by atoms with Gasteiger partial charge in [-0.25, -0.2) is 4.99 Å². The first-order valence-corrected chi connectivity index (χ1v) is 10.2. The Morgan fingerprint density at radius 2 is 2.00 bits per heavy atom. The van der Waals surface area contributed by atoms with Crippen molar-refractivity contribution in [3.63, 3.8) is 0 Å². The Labute approximate surface area is 166 Å². The minimum Gasteiger partial charge on any atom is -0.343 e. The van der Waals surface area contributed by atoms with E-state index in [1.807, 2.05) is 13.0 Å². The number of nitrogens with zero attached hydrogens (tertiary/aromatic N) is 1. The highest BCUT2D eigenvalue weighted by molar-refractivity contribution is 5.86. The van der Waals surface area contributed by atoms with Crippen LogP contribution in [0.15, 0.2) is 41.1 Å². The lowest BCUT2D eigenvalue weighted by Crippen LogP contribution is -2.20. The highest BCUT2D eigenvalue weighted by atomic mass is 15.0. The van der Waals surface area contributed by atoms with Gasteiger partial charge in [-0.3, -0.25) is 0 Å². The highest BCUT2D eigenvalue weighted by Gasteiger charge is 2.16. The Hall–Kier alpha value is -2.27. The van der Waals surface area contributed by atoms with Crippen molar-refractivity contribution < 1.29 is 0 Å². The predicted octanol–water partition coefficient (Wildman–Crippen LogP) is 6.97. The van der Waals surface area contributed by atoms with Gasteiger partial charge in [0.2, 0.25) is 0 Å². The molecule has 1 aromatic carbocycles. The number of amidine groups is 1. The van der Waals surface area contributed by atoms with Crippen molar-refractivity contribution in [2.75, 3.05) is 0 Å². The number of benzene rings is 1. The second-order valence-corrected chi connectivity index (χ2v) is 7.01. The van der Waals surface area contributed by atoms with Crippen molar-refractivity contribution in [2.24, 2.45) is 4.99 Å². The molecule has 0 aliphatic carbocycles. The number of terminal acetylenes is 1. The molecular weight excluding hydrogens is 328 g/mol. The number of allylic oxidation sites excluding steroid dienone is 2. The van der Waals surface area contributed by atoms with Crippen LogP contribution in [0.5, 0.6) is 0 Å². The zero-order valence-electron chi connectivity index (χ0n) is 18.1. The highest BCUT2D eigenvalue weighted by Crippen LogP contribution is 2.36. The van der Waals surface area contributed by atoms with Crippen LogP contribution in [0.4, 0.5) is 5.69 Å². The van der Waals surface area contributed by atoms with E-state index in [1.165, 1.54) is 29.5 Å². The second-order valence-electron chi connectivity index (χ2n) is 7.01. The number of aliphatic imine (C=N–C) groups is 1. The van der Waals surface area contributed by atoms with Gasteiger partial charge in [0, 0.05) is 11.3 Å². The summed E-state index contributed by atoms with van der Waals surface area (Å²) in [6.07, 6.45) is 13.0. The van der Waals surface area contributed by atoms with E-state index in [0.29, 0.717) is 5.92 Å². The molecule has 0 fully saturated rings. The molecule has 0 aromatic heterocycles. The minimum atomic E-state index is 0.538. The van der Waals surface area contributed by atoms with Crippen LogP contribution in [0.1, 0.15) is 82.9 Å². The average Bonchev–Trinajstić information content (AvgIpc) is 2.65. The van der Waals surface area contributed by atoms with Gasteiger partial charge in [0.05, 0.1) is 5.69 Å². The molecule has 146 valence electrons. The van der Waals surface area contributed by atoms with Gasteiger partial charge in [-0.15, -0.1) is 6.42 Å². The fourth-order valence-corrected chi connectivity index (χ4v) is 3.51. The van der Waals surface area contributed by atoms with E-state index >= 15 is 0 Å². The lowest BCUT2D eigenvalue weighted by atomic mass is 9.87. The van der Waals surface area contributed by atoms with Crippen LogP contribution in [-0.2, 0) is 6.42 Å². The first-order valence-electron chi connectivity index (χ1n) is 10.2. The van der Waals surface area contributed by atoms with Crippen LogP contribution in [-0.4, -0.2) is 5.84 Å². The molecule has 2 heteroatoms. The Morgan fingerprint density at radius 1 is 1.30 bits per heavy atom. The number of nitrogens with one attached hydrogen (secondary N) is 1. The third-order valence-electron chi connectivity index (χ3n) is 5.03. The lowest BCUT2D eigenvalue weighted by molar-refractivity contribution is 0.596. The molecule has 0 saturated carbocycles. The molecule has 0 amide bonds. The number of hydrogen-bond acceptors (Lipinski definition) is 1. The van der Waals surface area contributed by atoms with Gasteiger partial charge in [-0.1, -0.05) is 64.8 Å². The van der Waals surface area contributed by atoms with Crippen molar-refractivity contribution in [3.05, 3.63) is 52.7 Å². The predicted molar refractivity (Wildman–Crippen MR) is 121 cm³/mol. The number of rotatable bonds is 9. The third-order valence-corrected chi connectivity index (χ3v) is 5.03. The smallest absolute Gasteiger partial charge is 0.103 e. The van der Waals surface area contributed by atoms with Gasteiger partial charge < -0.3 is 5.32 Å². The summed E-state index contributed by atoms with van der Waals surface area (Å²) in [5, 5.41) is 3.29. The number of aryl methyl sites for hydroxylation is 1. The summed E-state index contributed by atoms with van der Waals surface area (Å²) in [7, 11) is 0. The average molecular weight is 365 g/mol. The zero-order chi connectivity index (χ0) is 20.4. The molecule has 0 saturated heterocycles. The maximum atomic E-state index is 5.61. The standard InChI is InChI=1S/C25H36N2/c1-9-14-22(12-4)19(7)26-20(8)27-25-18(6)21(11-3)16-17-24(25)23(13-5)15-10-2/h4,14,16-17,23H,7,9-11,13,15H2,1-3,5-6,8H3,(H,26,27)/b22-14+. The fourth-order valence-electron chi connectivity index (χ4n) is 3.51. The molecule has 0 bridgehead atoms. The Morgan fingerprint density at radius 3 is 2.52 bits per heavy atom. The van der Waals surface area contributed by atoms with E-state index in [9.17, 15) is 0 Å². The summed E-state index contributed by atoms with van der Waals surface area (Å²) >= 11 is 0. The van der Waals surface area contributed by atoms with E-state index in [0.717, 1.165) is 42.1 Å². The maximum absolute atomic E-state index is 5.61. The first kappa shape index (κ1) is 22.8. The van der Waals surface area contributed by atoms with Crippen LogP contribution in [0, 0.1) is 19.3 Å². The molecule has 1 N–H and O–H groups in total. The number of hydrogen-bond donors (Lipinski definition) is 1. The molecule has 1 aromatic rings. The third kappa shape index (κ3) is 6.14. The topological polar surface area (TPSA) is 24.4 Å². The van der Waals surface area contributed by atoms with Gasteiger partial charge in [0.1, 0.15) is 5.84 Å². The monoisotopic (exact) mass is 364 g/mol. The molecule has 0 heterocycles. The largest absolute Gasteiger partial charge is 0.343 e. The summed E-state index contributed by atoms with van der Waals surface area (Å²) in [5.74, 6) is 4.06. The molecule has 1 atom stereocenters. The quantitative estimate of drug-likeness (QED) is 0.217. The van der Waals surface area contributed by atoms with Crippen molar-refractivity contribution >= 4 is 11.5 Å². The Balaban J connectivity index is 3.33. The van der Waals surface area contributed by atoms with E-state index < -0.39 is 0 Å². The van der Waals surface area contributed by atoms with Crippen molar-refractivity contribution in [1.82, 2.24) is 5.32 Å². The normalized spacial score (nSPS) is 13.2. The van der Waals surface area contributed by atoms with Gasteiger partial charge in [0.25, 0.3) is 0 Å². The second kappa shape index (κ2) is 11.4. The van der Waals surface area contributed by atoms with Crippen molar-refractivity contribution in [3.8, 4) is 12.3 Å². The molecule has 0 spiro atoms. The first-order chi connectivity index (χ1) is 12.9. The van der Waals surface area contributed by atoms with Crippen LogP contribution < -0.4 is 5.32 Å². The van der Waals surface area contributed by atoms with Gasteiger partial charge in [-0.05, 0) is 62.1 Å². The van der Waals surface area contributed by atoms with Crippen LogP contribution in [0.3, 0.4) is 0 Å². The van der Waals surface area contributed by atoms with Crippen LogP contribution in [0.2, 0.25) is 0 Å². The minimum absolute atomic E-state index is 0.538. The molecule has 0 aliphatic heterocycles. The molecular formula is C25H36N2. The summed E-state index contributed by atoms with van der Waals surface area (Å²) in [6, 6.07) is 4.55. The summed E-state index contributed by atoms with van der Waals surface area (Å²) in [5.41, 5.74) is 6.61. The molecule has 0 radical (unpaired) electrons. The zero-order valence-corrected chi connectivity index (χ0v) is 18.1. The SMILES string of the molecule is C#C/C(=C\CC)C(=C)N/C(C)=N/c1c(C(CC)CCC)ccc(CC)c1C. The van der Waals surface area contributed by atoms with Gasteiger partial charge >= 0.3 is 0 Å². The molecule has 0 aliphatic rings. The molecule has 1 unspecified atom stereocenters. The molecule has 1 rings (SSSR count). The molecule has 2 nitrogen and oxygen atoms in total. The van der Waals surface area contributed by atoms with Gasteiger partial charge in [0.15, 0.2) is 0 Å². The lowest BCUT2D eigenvalue weighted by Gasteiger charge is -2.20. The van der Waals surface area contributed by atoms with Crippen LogP contribution in [0.25, 0.3) is 0 Å². The van der Waals surface area contributed by atoms with Crippen LogP contribution >= 0.6 is 0 Å². The Kier molecular flexibility index (Phi) is 9.65. The maximum Gasteiger partial charge on any atom is 0.103 e. The Bertz CT molecular complexity index is 744. The summed E-state index contributed by atoms with van der Waals surface area (Å²) in [6.45, 7) is 17.0. The van der Waals surface area contributed by atoms with E-state index in [4.69, 9.17) is 11.4 Å². The van der Waals surface area contributed by atoms with E-state index in [2.05, 4.69) is 64.6 Å². The van der Waals surface area contributed by atoms with E-state index in [-0.39, 0.29) is 0 Å². The van der Waals surface area contributed by atoms with Crippen molar-refractivity contribution in [1.29, 1.82) is 0 Å². The van der Waals surface area contributed by atoms with Gasteiger partial charge in [-0.2, -0.15) is 0 Å². The van der Waals surface area contributed by atoms with E-state index in [1.54, 1.807) is 0 Å². The summed E-state index contributed by atoms with van der Waals surface area (Å²) in [4.78, 5) is 4.98. The molecule has 27 heavy (non-hydrogen) atoms.